The lowest BCUT2D eigenvalue weighted by Gasteiger charge is -2.41. The molecule has 1 aliphatic rings. The van der Waals surface area contributed by atoms with Crippen molar-refractivity contribution in [1.29, 1.82) is 0 Å². The number of halogens is 1. The minimum atomic E-state index is -3.40. The van der Waals surface area contributed by atoms with Gasteiger partial charge in [0.25, 0.3) is 0 Å². The molecule has 0 spiro atoms. The van der Waals surface area contributed by atoms with Gasteiger partial charge in [-0.1, -0.05) is 0 Å². The highest BCUT2D eigenvalue weighted by molar-refractivity contribution is 7.89. The molecule has 8 heteroatoms. The highest BCUT2D eigenvalue weighted by Gasteiger charge is 2.42. The van der Waals surface area contributed by atoms with Crippen molar-refractivity contribution < 1.29 is 22.7 Å². The van der Waals surface area contributed by atoms with Crippen LogP contribution >= 0.6 is 0 Å². The third-order valence-corrected chi connectivity index (χ3v) is 3.69. The Morgan fingerprint density at radius 1 is 1.67 bits per heavy atom. The fourth-order valence-corrected chi connectivity index (χ4v) is 1.90. The molecule has 1 fully saturated rings. The topological polar surface area (TPSA) is 86.7 Å². The molecule has 6 nitrogen and oxygen atoms in total. The summed E-state index contributed by atoms with van der Waals surface area (Å²) in [7, 11) is -3.40. The third kappa shape index (κ3) is 2.78. The van der Waals surface area contributed by atoms with Crippen molar-refractivity contribution in [2.24, 2.45) is 0 Å². The maximum atomic E-state index is 12.9. The summed E-state index contributed by atoms with van der Waals surface area (Å²) in [5.74, 6) is -0.107. The number of carbonyl (C=O) groups is 1. The van der Waals surface area contributed by atoms with Crippen molar-refractivity contribution >= 4 is 16.1 Å². The van der Waals surface area contributed by atoms with Gasteiger partial charge in [-0.25, -0.2) is 22.3 Å². The van der Waals surface area contributed by atoms with Crippen LogP contribution in [0.5, 0.6) is 0 Å². The van der Waals surface area contributed by atoms with E-state index in [1.165, 1.54) is 6.92 Å². The SMILES string of the molecule is CCS(=O)(=O)NC[C@@H]1[C@H](F)CN1C(=O)O. The van der Waals surface area contributed by atoms with Gasteiger partial charge in [0.1, 0.15) is 6.17 Å². The molecule has 1 aliphatic heterocycles. The molecule has 0 unspecified atom stereocenters. The van der Waals surface area contributed by atoms with Crippen molar-refractivity contribution in [2.45, 2.75) is 19.1 Å². The highest BCUT2D eigenvalue weighted by Crippen LogP contribution is 2.20. The van der Waals surface area contributed by atoms with E-state index in [1.54, 1.807) is 0 Å². The lowest BCUT2D eigenvalue weighted by Crippen LogP contribution is -2.63. The first-order valence-electron chi connectivity index (χ1n) is 4.48. The molecule has 0 aromatic heterocycles. The van der Waals surface area contributed by atoms with Crippen LogP contribution in [0, 0.1) is 0 Å². The molecule has 0 saturated carbocycles. The van der Waals surface area contributed by atoms with Crippen LogP contribution in [-0.4, -0.2) is 55.6 Å². The van der Waals surface area contributed by atoms with Crippen LogP contribution in [0.3, 0.4) is 0 Å². The molecular weight excluding hydrogens is 227 g/mol. The number of rotatable bonds is 4. The zero-order valence-electron chi connectivity index (χ0n) is 8.18. The fraction of sp³-hybridized carbons (Fsp3) is 0.857. The summed E-state index contributed by atoms with van der Waals surface area (Å²) in [5, 5.41) is 8.59. The first kappa shape index (κ1) is 12.2. The van der Waals surface area contributed by atoms with E-state index in [0.717, 1.165) is 4.90 Å². The van der Waals surface area contributed by atoms with Crippen molar-refractivity contribution in [3.05, 3.63) is 0 Å². The van der Waals surface area contributed by atoms with Gasteiger partial charge in [0.2, 0.25) is 10.0 Å². The molecule has 1 amide bonds. The molecule has 1 heterocycles. The molecule has 1 rings (SSSR count). The third-order valence-electron chi connectivity index (χ3n) is 2.33. The number of sulfonamides is 1. The summed E-state index contributed by atoms with van der Waals surface area (Å²) in [6.07, 6.45) is -2.52. The largest absolute Gasteiger partial charge is 0.465 e. The minimum Gasteiger partial charge on any atom is -0.465 e. The Kier molecular flexibility index (Phi) is 3.50. The molecule has 15 heavy (non-hydrogen) atoms. The quantitative estimate of drug-likeness (QED) is 0.701. The maximum absolute atomic E-state index is 12.9. The van der Waals surface area contributed by atoms with Crippen LogP contribution in [0.15, 0.2) is 0 Å². The van der Waals surface area contributed by atoms with E-state index >= 15 is 0 Å². The Hall–Kier alpha value is -0.890. The summed E-state index contributed by atoms with van der Waals surface area (Å²) in [6, 6.07) is -0.899. The van der Waals surface area contributed by atoms with Gasteiger partial charge < -0.3 is 5.11 Å². The summed E-state index contributed by atoms with van der Waals surface area (Å²) in [4.78, 5) is 11.4. The second-order valence-electron chi connectivity index (χ2n) is 3.27. The van der Waals surface area contributed by atoms with E-state index in [4.69, 9.17) is 5.11 Å². The van der Waals surface area contributed by atoms with E-state index in [1.807, 2.05) is 0 Å². The van der Waals surface area contributed by atoms with Gasteiger partial charge in [-0.2, -0.15) is 0 Å². The zero-order chi connectivity index (χ0) is 11.6. The molecular formula is C7H13FN2O4S. The summed E-state index contributed by atoms with van der Waals surface area (Å²) in [6.45, 7) is 1.06. The predicted octanol–water partition coefficient (Wildman–Crippen LogP) is -0.374. The second kappa shape index (κ2) is 4.31. The van der Waals surface area contributed by atoms with Gasteiger partial charge in [-0.3, -0.25) is 4.90 Å². The standard InChI is InChI=1S/C7H13FN2O4S/c1-2-15(13,14)9-3-6-5(8)4-10(6)7(11)12/h5-6,9H,2-4H2,1H3,(H,11,12)/t5-,6-/m1/s1. The summed E-state index contributed by atoms with van der Waals surface area (Å²) >= 11 is 0. The monoisotopic (exact) mass is 240 g/mol. The minimum absolute atomic E-state index is 0.107. The lowest BCUT2D eigenvalue weighted by atomic mass is 10.0. The van der Waals surface area contributed by atoms with Crippen molar-refractivity contribution in [2.75, 3.05) is 18.8 Å². The molecule has 2 N–H and O–H groups in total. The summed E-state index contributed by atoms with van der Waals surface area (Å²) in [5.41, 5.74) is 0. The van der Waals surface area contributed by atoms with E-state index in [2.05, 4.69) is 4.72 Å². The van der Waals surface area contributed by atoms with E-state index in [-0.39, 0.29) is 18.8 Å². The molecule has 2 atom stereocenters. The number of amides is 1. The van der Waals surface area contributed by atoms with E-state index in [9.17, 15) is 17.6 Å². The van der Waals surface area contributed by atoms with Gasteiger partial charge >= 0.3 is 6.09 Å². The average Bonchev–Trinajstić information content (AvgIpc) is 2.13. The number of likely N-dealkylation sites (tertiary alicyclic amines) is 1. The van der Waals surface area contributed by atoms with Crippen LogP contribution in [0.25, 0.3) is 0 Å². The fourth-order valence-electron chi connectivity index (χ4n) is 1.27. The van der Waals surface area contributed by atoms with Crippen LogP contribution in [0.2, 0.25) is 0 Å². The van der Waals surface area contributed by atoms with Crippen LogP contribution < -0.4 is 4.72 Å². The number of hydrogen-bond donors (Lipinski definition) is 2. The van der Waals surface area contributed by atoms with Gasteiger partial charge in [-0.05, 0) is 6.92 Å². The zero-order valence-corrected chi connectivity index (χ0v) is 9.00. The van der Waals surface area contributed by atoms with Crippen LogP contribution in [-0.2, 0) is 10.0 Å². The van der Waals surface area contributed by atoms with Gasteiger partial charge in [0, 0.05) is 6.54 Å². The Morgan fingerprint density at radius 2 is 2.27 bits per heavy atom. The molecule has 88 valence electrons. The first-order chi connectivity index (χ1) is 6.87. The lowest BCUT2D eigenvalue weighted by molar-refractivity contribution is 0.00500. The smallest absolute Gasteiger partial charge is 0.407 e. The second-order valence-corrected chi connectivity index (χ2v) is 5.37. The van der Waals surface area contributed by atoms with Crippen LogP contribution in [0.4, 0.5) is 9.18 Å². The van der Waals surface area contributed by atoms with Gasteiger partial charge in [0.05, 0.1) is 18.3 Å². The number of alkyl halides is 1. The van der Waals surface area contributed by atoms with Crippen molar-refractivity contribution in [3.63, 3.8) is 0 Å². The Labute approximate surface area is 87.1 Å². The van der Waals surface area contributed by atoms with Crippen molar-refractivity contribution in [1.82, 2.24) is 9.62 Å². The van der Waals surface area contributed by atoms with Gasteiger partial charge in [0.15, 0.2) is 0 Å². The molecule has 0 bridgehead atoms. The number of carboxylic acid groups (broad SMARTS) is 1. The highest BCUT2D eigenvalue weighted by atomic mass is 32.2. The Morgan fingerprint density at radius 3 is 2.67 bits per heavy atom. The van der Waals surface area contributed by atoms with E-state index < -0.39 is 28.3 Å². The Bertz CT molecular complexity index is 345. The molecule has 0 aromatic rings. The molecule has 0 radical (unpaired) electrons. The number of hydrogen-bond acceptors (Lipinski definition) is 3. The van der Waals surface area contributed by atoms with Gasteiger partial charge in [-0.15, -0.1) is 0 Å². The predicted molar refractivity (Wildman–Crippen MR) is 50.9 cm³/mol. The first-order valence-corrected chi connectivity index (χ1v) is 6.13. The van der Waals surface area contributed by atoms with Crippen molar-refractivity contribution in [3.8, 4) is 0 Å². The van der Waals surface area contributed by atoms with E-state index in [0.29, 0.717) is 0 Å². The molecule has 0 aliphatic carbocycles. The number of nitrogens with zero attached hydrogens (tertiary/aromatic N) is 1. The average molecular weight is 240 g/mol. The Balaban J connectivity index is 2.48. The normalized spacial score (nSPS) is 26.1. The van der Waals surface area contributed by atoms with Crippen LogP contribution in [0.1, 0.15) is 6.92 Å². The number of nitrogens with one attached hydrogen (secondary N) is 1. The summed E-state index contributed by atoms with van der Waals surface area (Å²) < 4.78 is 37.1. The maximum Gasteiger partial charge on any atom is 0.407 e. The molecule has 0 aromatic carbocycles. The molecule has 1 saturated heterocycles.